The Morgan fingerprint density at radius 2 is 2.33 bits per heavy atom. The summed E-state index contributed by atoms with van der Waals surface area (Å²) < 4.78 is 4.91. The van der Waals surface area contributed by atoms with Crippen LogP contribution in [0.4, 0.5) is 0 Å². The van der Waals surface area contributed by atoms with Crippen LogP contribution in [0.15, 0.2) is 23.6 Å². The van der Waals surface area contributed by atoms with Crippen molar-refractivity contribution in [3.05, 3.63) is 18.5 Å². The van der Waals surface area contributed by atoms with E-state index < -0.39 is 5.25 Å². The van der Waals surface area contributed by atoms with Crippen LogP contribution < -0.4 is 11.3 Å². The summed E-state index contributed by atoms with van der Waals surface area (Å²) in [5.41, 5.74) is 2.07. The maximum absolute atomic E-state index is 11.3. The van der Waals surface area contributed by atoms with E-state index >= 15 is 0 Å². The Balaban J connectivity index is 2.62. The van der Waals surface area contributed by atoms with Crippen molar-refractivity contribution in [2.75, 3.05) is 13.7 Å². The molecule has 0 bridgehead atoms. The summed E-state index contributed by atoms with van der Waals surface area (Å²) in [6, 6.07) is 1.71. The van der Waals surface area contributed by atoms with Crippen molar-refractivity contribution in [1.29, 1.82) is 0 Å². The summed E-state index contributed by atoms with van der Waals surface area (Å²) in [4.78, 5) is 19.3. The van der Waals surface area contributed by atoms with Crippen LogP contribution in [0.2, 0.25) is 0 Å². The van der Waals surface area contributed by atoms with Gasteiger partial charge in [0.25, 0.3) is 0 Å². The summed E-state index contributed by atoms with van der Waals surface area (Å²) >= 11 is 1.21. The lowest BCUT2D eigenvalue weighted by molar-refractivity contribution is -0.121. The van der Waals surface area contributed by atoms with Crippen molar-refractivity contribution in [1.82, 2.24) is 15.4 Å². The van der Waals surface area contributed by atoms with Gasteiger partial charge in [-0.15, -0.1) is 0 Å². The van der Waals surface area contributed by atoms with Gasteiger partial charge < -0.3 is 4.74 Å². The summed E-state index contributed by atoms with van der Waals surface area (Å²) in [5.74, 6) is 4.74. The van der Waals surface area contributed by atoms with Crippen LogP contribution in [-0.4, -0.2) is 34.8 Å². The zero-order valence-corrected chi connectivity index (χ0v) is 9.03. The van der Waals surface area contributed by atoms with E-state index in [1.807, 2.05) is 0 Å². The number of nitrogens with zero attached hydrogens (tertiary/aromatic N) is 2. The van der Waals surface area contributed by atoms with Gasteiger partial charge in [0.2, 0.25) is 5.91 Å². The number of nitrogens with two attached hydrogens (primary N) is 1. The first-order chi connectivity index (χ1) is 7.27. The predicted molar refractivity (Wildman–Crippen MR) is 55.9 cm³/mol. The van der Waals surface area contributed by atoms with E-state index in [4.69, 9.17) is 10.6 Å². The summed E-state index contributed by atoms with van der Waals surface area (Å²) in [6.45, 7) is 0.256. The van der Waals surface area contributed by atoms with Gasteiger partial charge >= 0.3 is 0 Å². The number of thioether (sulfide) groups is 1. The van der Waals surface area contributed by atoms with Gasteiger partial charge in [0.15, 0.2) is 5.16 Å². The Hall–Kier alpha value is -1.18. The predicted octanol–water partition coefficient (Wildman–Crippen LogP) is -0.426. The summed E-state index contributed by atoms with van der Waals surface area (Å²) in [5, 5.41) is 0.0746. The fraction of sp³-hybridized carbons (Fsp3) is 0.375. The number of aromatic nitrogens is 2. The van der Waals surface area contributed by atoms with Crippen LogP contribution >= 0.6 is 11.8 Å². The molecule has 0 spiro atoms. The molecule has 1 aromatic heterocycles. The smallest absolute Gasteiger partial charge is 0.249 e. The number of amides is 1. The summed E-state index contributed by atoms with van der Waals surface area (Å²) in [7, 11) is 1.52. The van der Waals surface area contributed by atoms with Crippen molar-refractivity contribution < 1.29 is 9.53 Å². The largest absolute Gasteiger partial charge is 0.383 e. The molecule has 0 aliphatic heterocycles. The van der Waals surface area contributed by atoms with Crippen molar-refractivity contribution >= 4 is 17.7 Å². The van der Waals surface area contributed by atoms with E-state index in [2.05, 4.69) is 15.4 Å². The SMILES string of the molecule is COCC(Sc1ncccn1)C(=O)NN. The van der Waals surface area contributed by atoms with Crippen LogP contribution in [0.5, 0.6) is 0 Å². The van der Waals surface area contributed by atoms with E-state index in [1.165, 1.54) is 18.9 Å². The Kier molecular flexibility index (Phi) is 5.02. The van der Waals surface area contributed by atoms with Crippen LogP contribution in [-0.2, 0) is 9.53 Å². The number of carbonyl (C=O) groups is 1. The lowest BCUT2D eigenvalue weighted by atomic mass is 10.4. The Labute approximate surface area is 91.6 Å². The minimum absolute atomic E-state index is 0.256. The molecule has 3 N–H and O–H groups in total. The second-order valence-corrected chi connectivity index (χ2v) is 3.77. The van der Waals surface area contributed by atoms with E-state index in [0.29, 0.717) is 5.16 Å². The normalized spacial score (nSPS) is 12.1. The third-order valence-electron chi connectivity index (χ3n) is 1.54. The quantitative estimate of drug-likeness (QED) is 0.234. The first-order valence-electron chi connectivity index (χ1n) is 4.21. The molecule has 6 nitrogen and oxygen atoms in total. The molecule has 1 unspecified atom stereocenters. The highest BCUT2D eigenvalue weighted by Gasteiger charge is 2.19. The monoisotopic (exact) mass is 228 g/mol. The molecular weight excluding hydrogens is 216 g/mol. The van der Waals surface area contributed by atoms with Gasteiger partial charge in [0.1, 0.15) is 5.25 Å². The third-order valence-corrected chi connectivity index (χ3v) is 2.60. The first kappa shape index (κ1) is 11.9. The number of nitrogens with one attached hydrogen (secondary N) is 1. The number of ether oxygens (including phenoxy) is 1. The Morgan fingerprint density at radius 3 is 2.87 bits per heavy atom. The standard InChI is InChI=1S/C8H12N4O2S/c1-14-5-6(7(13)12-9)15-8-10-3-2-4-11-8/h2-4,6H,5,9H2,1H3,(H,12,13). The topological polar surface area (TPSA) is 90.1 Å². The van der Waals surface area contributed by atoms with E-state index in [0.717, 1.165) is 0 Å². The molecule has 0 saturated heterocycles. The molecule has 0 aromatic carbocycles. The molecule has 1 amide bonds. The molecule has 0 aliphatic rings. The number of carbonyl (C=O) groups excluding carboxylic acids is 1. The van der Waals surface area contributed by atoms with Crippen LogP contribution in [0.1, 0.15) is 0 Å². The van der Waals surface area contributed by atoms with Gasteiger partial charge in [-0.3, -0.25) is 10.2 Å². The molecule has 0 fully saturated rings. The van der Waals surface area contributed by atoms with Crippen molar-refractivity contribution in [2.24, 2.45) is 5.84 Å². The number of rotatable bonds is 5. The second-order valence-electron chi connectivity index (χ2n) is 2.60. The van der Waals surface area contributed by atoms with Gasteiger partial charge in [-0.05, 0) is 6.07 Å². The van der Waals surface area contributed by atoms with E-state index in [9.17, 15) is 4.79 Å². The molecule has 0 radical (unpaired) electrons. The average Bonchev–Trinajstić information content (AvgIpc) is 2.29. The van der Waals surface area contributed by atoms with Crippen LogP contribution in [0.25, 0.3) is 0 Å². The highest BCUT2D eigenvalue weighted by atomic mass is 32.2. The molecule has 0 aliphatic carbocycles. The molecule has 1 aromatic rings. The maximum Gasteiger partial charge on any atom is 0.249 e. The number of hydrogen-bond donors (Lipinski definition) is 2. The first-order valence-corrected chi connectivity index (χ1v) is 5.09. The van der Waals surface area contributed by atoms with E-state index in [-0.39, 0.29) is 12.5 Å². The van der Waals surface area contributed by atoms with Crippen molar-refractivity contribution in [2.45, 2.75) is 10.4 Å². The molecule has 1 atom stereocenters. The molecule has 1 heterocycles. The third kappa shape index (κ3) is 3.82. The number of hydrazine groups is 1. The van der Waals surface area contributed by atoms with E-state index in [1.54, 1.807) is 18.5 Å². The zero-order valence-electron chi connectivity index (χ0n) is 8.21. The van der Waals surface area contributed by atoms with Gasteiger partial charge in [-0.1, -0.05) is 11.8 Å². The lowest BCUT2D eigenvalue weighted by Crippen LogP contribution is -2.39. The van der Waals surface area contributed by atoms with Crippen LogP contribution in [0.3, 0.4) is 0 Å². The molecule has 7 heteroatoms. The van der Waals surface area contributed by atoms with Crippen molar-refractivity contribution in [3.63, 3.8) is 0 Å². The molecule has 0 saturated carbocycles. The fourth-order valence-electron chi connectivity index (χ4n) is 0.881. The van der Waals surface area contributed by atoms with Crippen molar-refractivity contribution in [3.8, 4) is 0 Å². The number of methoxy groups -OCH3 is 1. The van der Waals surface area contributed by atoms with Gasteiger partial charge in [0.05, 0.1) is 6.61 Å². The molecule has 15 heavy (non-hydrogen) atoms. The van der Waals surface area contributed by atoms with Gasteiger partial charge in [-0.25, -0.2) is 15.8 Å². The van der Waals surface area contributed by atoms with Gasteiger partial charge in [0, 0.05) is 19.5 Å². The maximum atomic E-state index is 11.3. The fourth-order valence-corrected chi connectivity index (χ4v) is 1.76. The Morgan fingerprint density at radius 1 is 1.67 bits per heavy atom. The van der Waals surface area contributed by atoms with Crippen LogP contribution in [0, 0.1) is 0 Å². The molecule has 1 rings (SSSR count). The zero-order chi connectivity index (χ0) is 11.1. The number of hydrogen-bond acceptors (Lipinski definition) is 6. The minimum Gasteiger partial charge on any atom is -0.383 e. The highest BCUT2D eigenvalue weighted by Crippen LogP contribution is 2.18. The average molecular weight is 228 g/mol. The lowest BCUT2D eigenvalue weighted by Gasteiger charge is -2.12. The molecular formula is C8H12N4O2S. The highest BCUT2D eigenvalue weighted by molar-refractivity contribution is 8.00. The second kappa shape index (κ2) is 6.33. The minimum atomic E-state index is -0.442. The Bertz CT molecular complexity index is 309. The summed E-state index contributed by atoms with van der Waals surface area (Å²) in [6.07, 6.45) is 3.22. The molecule has 82 valence electrons. The van der Waals surface area contributed by atoms with Gasteiger partial charge in [-0.2, -0.15) is 0 Å².